The first-order valence-corrected chi connectivity index (χ1v) is 47.2. The first kappa shape index (κ1) is 103. The van der Waals surface area contributed by atoms with Gasteiger partial charge in [-0.1, -0.05) is 396 Å². The molecule has 0 saturated heterocycles. The van der Waals surface area contributed by atoms with E-state index in [9.17, 15) is 43.2 Å². The molecule has 6 atom stereocenters. The zero-order valence-electron chi connectivity index (χ0n) is 69.4. The van der Waals surface area contributed by atoms with E-state index in [1.54, 1.807) is 0 Å². The Hall–Kier alpha value is -1.94. The third-order valence-electron chi connectivity index (χ3n) is 20.4. The Kier molecular flexibility index (Phi) is 73.4. The van der Waals surface area contributed by atoms with Crippen molar-refractivity contribution in [3.63, 3.8) is 0 Å². The van der Waals surface area contributed by atoms with Crippen LogP contribution in [0, 0.1) is 23.7 Å². The number of hydrogen-bond donors (Lipinski definition) is 3. The Morgan fingerprint density at radius 3 is 0.676 bits per heavy atom. The van der Waals surface area contributed by atoms with Crippen molar-refractivity contribution < 1.29 is 80.2 Å². The van der Waals surface area contributed by atoms with Gasteiger partial charge in [0, 0.05) is 25.7 Å². The first-order chi connectivity index (χ1) is 50.6. The average Bonchev–Trinajstić information content (AvgIpc) is 0.909. The highest BCUT2D eigenvalue weighted by Gasteiger charge is 2.31. The minimum Gasteiger partial charge on any atom is -0.462 e. The third kappa shape index (κ3) is 78.5. The lowest BCUT2D eigenvalue weighted by Gasteiger charge is -2.21. The highest BCUT2D eigenvalue weighted by atomic mass is 31.2. The molecule has 0 bridgehead atoms. The second-order valence-electron chi connectivity index (χ2n) is 32.6. The van der Waals surface area contributed by atoms with Crippen LogP contribution in [-0.2, 0) is 65.4 Å². The van der Waals surface area contributed by atoms with Crippen LogP contribution in [0.2, 0.25) is 0 Å². The molecule has 19 heteroatoms. The maximum Gasteiger partial charge on any atom is 0.472 e. The second-order valence-corrected chi connectivity index (χ2v) is 35.5. The van der Waals surface area contributed by atoms with Crippen molar-refractivity contribution in [1.29, 1.82) is 0 Å². The highest BCUT2D eigenvalue weighted by molar-refractivity contribution is 7.47. The lowest BCUT2D eigenvalue weighted by atomic mass is 9.99. The predicted octanol–water partition coefficient (Wildman–Crippen LogP) is 25.9. The van der Waals surface area contributed by atoms with E-state index in [4.69, 9.17) is 37.0 Å². The smallest absolute Gasteiger partial charge is 0.462 e. The van der Waals surface area contributed by atoms with E-state index in [2.05, 4.69) is 55.4 Å². The van der Waals surface area contributed by atoms with E-state index in [0.29, 0.717) is 31.6 Å². The Balaban J connectivity index is 5.19. The van der Waals surface area contributed by atoms with Gasteiger partial charge < -0.3 is 33.8 Å². The number of hydrogen-bond acceptors (Lipinski definition) is 15. The number of phosphoric ester groups is 2. The summed E-state index contributed by atoms with van der Waals surface area (Å²) < 4.78 is 68.8. The van der Waals surface area contributed by atoms with E-state index in [1.807, 2.05) is 0 Å². The summed E-state index contributed by atoms with van der Waals surface area (Å²) in [4.78, 5) is 73.2. The largest absolute Gasteiger partial charge is 0.472 e. The molecular formula is C86H168O17P2. The topological polar surface area (TPSA) is 237 Å². The number of rotatable bonds is 83. The maximum atomic E-state index is 13.1. The van der Waals surface area contributed by atoms with E-state index < -0.39 is 97.5 Å². The third-order valence-corrected chi connectivity index (χ3v) is 22.3. The number of aliphatic hydroxyl groups excluding tert-OH is 1. The molecule has 0 aromatic carbocycles. The van der Waals surface area contributed by atoms with E-state index in [1.165, 1.54) is 244 Å². The summed E-state index contributed by atoms with van der Waals surface area (Å²) in [6.07, 6.45) is 64.0. The maximum absolute atomic E-state index is 13.1. The van der Waals surface area contributed by atoms with E-state index in [0.717, 1.165) is 114 Å². The van der Waals surface area contributed by atoms with Crippen molar-refractivity contribution in [3.8, 4) is 0 Å². The van der Waals surface area contributed by atoms with Crippen molar-refractivity contribution in [2.45, 2.75) is 465 Å². The second kappa shape index (κ2) is 74.8. The summed E-state index contributed by atoms with van der Waals surface area (Å²) in [6, 6.07) is 0. The Bertz CT molecular complexity index is 2040. The summed E-state index contributed by atoms with van der Waals surface area (Å²) in [6.45, 7) is 14.3. The summed E-state index contributed by atoms with van der Waals surface area (Å²) in [5.41, 5.74) is 0. The fourth-order valence-electron chi connectivity index (χ4n) is 13.3. The fraction of sp³-hybridized carbons (Fsp3) is 0.953. The van der Waals surface area contributed by atoms with Gasteiger partial charge in [-0.15, -0.1) is 0 Å². The molecular weight excluding hydrogens is 1370 g/mol. The SMILES string of the molecule is CCC(C)CCCCCCCCCCCCCCCCCCCCC(=O)O[C@H](COC(=O)CCCCCCCCC(C)C)COP(=O)(O)OC[C@H](O)COP(=O)(O)OC[C@@H](COC(=O)CCCCCCCCCCCCCCCC(C)C)OC(=O)CCCCCCCCCCCCCCCCCC(C)C. The van der Waals surface area contributed by atoms with Crippen molar-refractivity contribution >= 4 is 39.5 Å². The number of ether oxygens (including phenoxy) is 4. The molecule has 3 N–H and O–H groups in total. The molecule has 0 aliphatic carbocycles. The van der Waals surface area contributed by atoms with Gasteiger partial charge in [0.1, 0.15) is 19.3 Å². The standard InChI is InChI=1S/C86H168O17P2/c1-9-79(8)65-57-49-40-34-28-22-16-12-10-11-13-17-23-30-36-42-52-60-69-86(91)103-82(73-97-84(89)67-59-51-45-44-48-56-64-78(6)7)75-101-105(94,95)99-71-80(87)70-98-104(92,93)100-74-81(72-96-83(88)66-58-50-41-35-29-25-19-21-27-33-39-47-55-63-77(4)5)102-85(90)68-61-53-43-37-31-24-18-14-15-20-26-32-38-46-54-62-76(2)3/h76-82,87H,9-75H2,1-8H3,(H,92,93)(H,94,95)/t79?,80-,81-,82-/m1/s1. The van der Waals surface area contributed by atoms with Gasteiger partial charge in [0.05, 0.1) is 26.4 Å². The minimum absolute atomic E-state index is 0.107. The number of esters is 4. The molecule has 17 nitrogen and oxygen atoms in total. The number of carbonyl (C=O) groups excluding carboxylic acids is 4. The minimum atomic E-state index is -4.97. The number of unbranched alkanes of at least 4 members (excludes halogenated alkanes) is 48. The molecule has 0 rings (SSSR count). The van der Waals surface area contributed by atoms with Crippen molar-refractivity contribution in [3.05, 3.63) is 0 Å². The summed E-state index contributed by atoms with van der Waals surface area (Å²) in [7, 11) is -9.93. The molecule has 3 unspecified atom stereocenters. The normalized spacial score (nSPS) is 14.2. The number of carbonyl (C=O) groups is 4. The average molecular weight is 1540 g/mol. The van der Waals surface area contributed by atoms with Crippen molar-refractivity contribution in [2.24, 2.45) is 23.7 Å². The highest BCUT2D eigenvalue weighted by Crippen LogP contribution is 2.45. The fourth-order valence-corrected chi connectivity index (χ4v) is 14.9. The lowest BCUT2D eigenvalue weighted by Crippen LogP contribution is -2.30. The van der Waals surface area contributed by atoms with Crippen LogP contribution in [0.5, 0.6) is 0 Å². The van der Waals surface area contributed by atoms with Crippen LogP contribution in [0.25, 0.3) is 0 Å². The van der Waals surface area contributed by atoms with Crippen LogP contribution in [-0.4, -0.2) is 96.7 Å². The van der Waals surface area contributed by atoms with Gasteiger partial charge in [-0.3, -0.25) is 37.3 Å². The van der Waals surface area contributed by atoms with Crippen LogP contribution < -0.4 is 0 Å². The van der Waals surface area contributed by atoms with Crippen LogP contribution in [0.1, 0.15) is 447 Å². The molecule has 0 saturated carbocycles. The molecule has 105 heavy (non-hydrogen) atoms. The van der Waals surface area contributed by atoms with Gasteiger partial charge >= 0.3 is 39.5 Å². The van der Waals surface area contributed by atoms with Crippen molar-refractivity contribution in [2.75, 3.05) is 39.6 Å². The molecule has 0 heterocycles. The molecule has 0 amide bonds. The Morgan fingerprint density at radius 2 is 0.457 bits per heavy atom. The molecule has 0 spiro atoms. The zero-order valence-corrected chi connectivity index (χ0v) is 71.2. The van der Waals surface area contributed by atoms with Crippen LogP contribution >= 0.6 is 15.6 Å². The Labute approximate surface area is 645 Å². The van der Waals surface area contributed by atoms with Gasteiger partial charge in [0.25, 0.3) is 0 Å². The molecule has 0 aliphatic rings. The molecule has 624 valence electrons. The zero-order chi connectivity index (χ0) is 77.4. The summed E-state index contributed by atoms with van der Waals surface area (Å²) in [5.74, 6) is 1.03. The Morgan fingerprint density at radius 1 is 0.267 bits per heavy atom. The van der Waals surface area contributed by atoms with E-state index in [-0.39, 0.29) is 25.7 Å². The molecule has 0 aromatic rings. The molecule has 0 radical (unpaired) electrons. The quantitative estimate of drug-likeness (QED) is 0.0222. The van der Waals surface area contributed by atoms with Gasteiger partial charge in [-0.2, -0.15) is 0 Å². The van der Waals surface area contributed by atoms with Crippen molar-refractivity contribution in [1.82, 2.24) is 0 Å². The monoisotopic (exact) mass is 1540 g/mol. The number of aliphatic hydroxyl groups is 1. The van der Waals surface area contributed by atoms with Gasteiger partial charge in [0.2, 0.25) is 0 Å². The van der Waals surface area contributed by atoms with Crippen LogP contribution in [0.15, 0.2) is 0 Å². The van der Waals surface area contributed by atoms with Gasteiger partial charge in [-0.05, 0) is 49.4 Å². The van der Waals surface area contributed by atoms with Crippen LogP contribution in [0.3, 0.4) is 0 Å². The van der Waals surface area contributed by atoms with Crippen LogP contribution in [0.4, 0.5) is 0 Å². The van der Waals surface area contributed by atoms with E-state index >= 15 is 0 Å². The summed E-state index contributed by atoms with van der Waals surface area (Å²) >= 11 is 0. The molecule has 0 aliphatic heterocycles. The van der Waals surface area contributed by atoms with Gasteiger partial charge in [0.15, 0.2) is 12.2 Å². The molecule has 0 aromatic heterocycles. The predicted molar refractivity (Wildman–Crippen MR) is 432 cm³/mol. The van der Waals surface area contributed by atoms with Gasteiger partial charge in [-0.25, -0.2) is 9.13 Å². The number of phosphoric acid groups is 2. The lowest BCUT2D eigenvalue weighted by molar-refractivity contribution is -0.161. The summed E-state index contributed by atoms with van der Waals surface area (Å²) in [5, 5.41) is 10.7. The molecule has 0 fully saturated rings. The first-order valence-electron chi connectivity index (χ1n) is 44.2.